The van der Waals surface area contributed by atoms with Gasteiger partial charge in [-0.25, -0.2) is 4.79 Å². The minimum Gasteiger partial charge on any atom is -0.447 e. The third kappa shape index (κ3) is 9.45. The van der Waals surface area contributed by atoms with Gasteiger partial charge < -0.3 is 19.4 Å². The van der Waals surface area contributed by atoms with Crippen LogP contribution in [-0.2, 0) is 16.0 Å². The van der Waals surface area contributed by atoms with Crippen LogP contribution in [0.25, 0.3) is 11.3 Å². The maximum atomic E-state index is 12.7. The molecular formula is C36H49N5O3S. The minimum absolute atomic E-state index is 0.199. The number of nitrogens with one attached hydrogen (secondary N) is 2. The molecule has 1 unspecified atom stereocenters. The Hall–Kier alpha value is -3.59. The molecule has 0 radical (unpaired) electrons. The Morgan fingerprint density at radius 3 is 2.51 bits per heavy atom. The Morgan fingerprint density at radius 2 is 1.87 bits per heavy atom. The summed E-state index contributed by atoms with van der Waals surface area (Å²) in [5.74, 6) is 1.81. The molecule has 0 saturated carbocycles. The zero-order valence-corrected chi connectivity index (χ0v) is 28.9. The number of likely N-dealkylation sites (tertiary alicyclic amines) is 1. The van der Waals surface area contributed by atoms with Crippen LogP contribution in [0.3, 0.4) is 0 Å². The molecule has 4 rings (SSSR count). The monoisotopic (exact) mass is 631 g/mol. The zero-order chi connectivity index (χ0) is 32.7. The second kappa shape index (κ2) is 15.1. The summed E-state index contributed by atoms with van der Waals surface area (Å²) in [6, 6.07) is 10.8. The summed E-state index contributed by atoms with van der Waals surface area (Å²) < 4.78 is 5.42. The number of aromatic nitrogens is 2. The lowest BCUT2D eigenvalue weighted by molar-refractivity contribution is -0.113. The molecule has 1 aliphatic heterocycles. The summed E-state index contributed by atoms with van der Waals surface area (Å²) >= 11 is 1.70. The van der Waals surface area contributed by atoms with Gasteiger partial charge in [-0.2, -0.15) is 0 Å². The van der Waals surface area contributed by atoms with Crippen LogP contribution >= 0.6 is 11.8 Å². The van der Waals surface area contributed by atoms with E-state index >= 15 is 0 Å². The number of hydrogen-bond acceptors (Lipinski definition) is 6. The Morgan fingerprint density at radius 1 is 1.18 bits per heavy atom. The molecule has 45 heavy (non-hydrogen) atoms. The van der Waals surface area contributed by atoms with Crippen LogP contribution in [0.5, 0.6) is 0 Å². The van der Waals surface area contributed by atoms with E-state index in [2.05, 4.69) is 78.2 Å². The van der Waals surface area contributed by atoms with Crippen molar-refractivity contribution in [2.45, 2.75) is 85.3 Å². The highest BCUT2D eigenvalue weighted by Gasteiger charge is 2.28. The van der Waals surface area contributed by atoms with Crippen LogP contribution in [0.1, 0.15) is 74.8 Å². The number of alkyl carbamates (subject to hydrolysis) is 1. The summed E-state index contributed by atoms with van der Waals surface area (Å²) in [6.45, 7) is 18.4. The number of rotatable bonds is 11. The van der Waals surface area contributed by atoms with Gasteiger partial charge in [-0.05, 0) is 99.9 Å². The first-order valence-electron chi connectivity index (χ1n) is 15.9. The summed E-state index contributed by atoms with van der Waals surface area (Å²) in [5, 5.41) is 4.05. The number of guanidine groups is 1. The molecule has 8 nitrogen and oxygen atoms in total. The molecule has 0 bridgehead atoms. The van der Waals surface area contributed by atoms with Gasteiger partial charge in [0.2, 0.25) is 5.96 Å². The number of aromatic amines is 1. The minimum atomic E-state index is -0.484. The van der Waals surface area contributed by atoms with Crippen LogP contribution < -0.4 is 5.32 Å². The Labute approximate surface area is 272 Å². The van der Waals surface area contributed by atoms with Crippen molar-refractivity contribution in [3.05, 3.63) is 70.5 Å². The highest BCUT2D eigenvalue weighted by Crippen LogP contribution is 2.37. The third-order valence-corrected chi connectivity index (χ3v) is 9.66. The molecular weight excluding hydrogens is 582 g/mol. The van der Waals surface area contributed by atoms with Crippen LogP contribution in [0.4, 0.5) is 4.79 Å². The van der Waals surface area contributed by atoms with Gasteiger partial charge in [0.05, 0.1) is 11.1 Å². The summed E-state index contributed by atoms with van der Waals surface area (Å²) in [5.41, 5.74) is 8.05. The number of amides is 1. The third-order valence-electron chi connectivity index (χ3n) is 8.08. The second-order valence-electron chi connectivity index (χ2n) is 13.5. The Kier molecular flexibility index (Phi) is 11.5. The summed E-state index contributed by atoms with van der Waals surface area (Å²) in [6.07, 6.45) is 5.77. The van der Waals surface area contributed by atoms with Crippen LogP contribution in [-0.4, -0.2) is 64.7 Å². The van der Waals surface area contributed by atoms with Gasteiger partial charge in [0.1, 0.15) is 6.29 Å². The highest BCUT2D eigenvalue weighted by atomic mass is 32.2. The van der Waals surface area contributed by atoms with Crippen molar-refractivity contribution >= 4 is 30.1 Å². The van der Waals surface area contributed by atoms with E-state index in [9.17, 15) is 9.59 Å². The molecule has 1 aliphatic rings. The number of carbonyl (C=O) groups is 2. The molecule has 9 heteroatoms. The largest absolute Gasteiger partial charge is 0.447 e. The van der Waals surface area contributed by atoms with Crippen molar-refractivity contribution in [2.75, 3.05) is 25.4 Å². The summed E-state index contributed by atoms with van der Waals surface area (Å²) in [4.78, 5) is 39.3. The fourth-order valence-corrected chi connectivity index (χ4v) is 6.83. The van der Waals surface area contributed by atoms with Crippen LogP contribution in [0.15, 0.2) is 52.7 Å². The maximum Gasteiger partial charge on any atom is 0.414 e. The molecule has 1 amide bonds. The van der Waals surface area contributed by atoms with E-state index in [0.29, 0.717) is 24.2 Å². The molecule has 1 saturated heterocycles. The van der Waals surface area contributed by atoms with Gasteiger partial charge in [0.15, 0.2) is 0 Å². The first kappa shape index (κ1) is 34.3. The predicted octanol–water partition coefficient (Wildman–Crippen LogP) is 7.48. The van der Waals surface area contributed by atoms with E-state index in [4.69, 9.17) is 9.73 Å². The van der Waals surface area contributed by atoms with Crippen molar-refractivity contribution in [1.29, 1.82) is 0 Å². The number of aliphatic imine (C=N–C) groups is 1. The second-order valence-corrected chi connectivity index (χ2v) is 14.5. The smallest absolute Gasteiger partial charge is 0.414 e. The van der Waals surface area contributed by atoms with Gasteiger partial charge in [0, 0.05) is 54.8 Å². The molecule has 242 valence electrons. The van der Waals surface area contributed by atoms with Crippen molar-refractivity contribution in [1.82, 2.24) is 20.2 Å². The number of ether oxygens (including phenoxy) is 1. The van der Waals surface area contributed by atoms with E-state index in [0.717, 1.165) is 42.9 Å². The van der Waals surface area contributed by atoms with Gasteiger partial charge in [0.25, 0.3) is 0 Å². The number of thioether (sulfide) groups is 1. The van der Waals surface area contributed by atoms with E-state index in [1.165, 1.54) is 33.4 Å². The fraction of sp³-hybridized carbons (Fsp3) is 0.500. The molecule has 2 aromatic heterocycles. The number of H-pyrrole nitrogens is 1. The van der Waals surface area contributed by atoms with Gasteiger partial charge in [-0.15, -0.1) is 11.8 Å². The van der Waals surface area contributed by atoms with E-state index in [1.54, 1.807) is 11.8 Å². The number of aryl methyl sites for hydroxylation is 2. The Balaban J connectivity index is 1.58. The molecule has 2 N–H and O–H groups in total. The highest BCUT2D eigenvalue weighted by molar-refractivity contribution is 7.99. The average molecular weight is 632 g/mol. The normalized spacial score (nSPS) is 16.2. The molecule has 1 aromatic carbocycles. The molecule has 0 spiro atoms. The van der Waals surface area contributed by atoms with E-state index in [-0.39, 0.29) is 12.0 Å². The van der Waals surface area contributed by atoms with Crippen molar-refractivity contribution in [2.24, 2.45) is 16.3 Å². The van der Waals surface area contributed by atoms with Crippen LogP contribution in [0.2, 0.25) is 0 Å². The number of pyridine rings is 1. The first-order chi connectivity index (χ1) is 21.3. The number of aldehydes is 1. The van der Waals surface area contributed by atoms with Crippen molar-refractivity contribution in [3.8, 4) is 11.3 Å². The van der Waals surface area contributed by atoms with Gasteiger partial charge >= 0.3 is 6.09 Å². The van der Waals surface area contributed by atoms with Crippen LogP contribution in [0, 0.1) is 32.1 Å². The lowest BCUT2D eigenvalue weighted by atomic mass is 9.94. The maximum absolute atomic E-state index is 12.7. The number of benzene rings is 1. The first-order valence-corrected chi connectivity index (χ1v) is 16.9. The molecule has 2 atom stereocenters. The van der Waals surface area contributed by atoms with Gasteiger partial charge in [-0.1, -0.05) is 38.0 Å². The molecule has 3 aromatic rings. The number of hydrogen-bond donors (Lipinski definition) is 2. The molecule has 0 aliphatic carbocycles. The summed E-state index contributed by atoms with van der Waals surface area (Å²) in [7, 11) is 0. The molecule has 3 heterocycles. The lowest BCUT2D eigenvalue weighted by Gasteiger charge is -2.22. The van der Waals surface area contributed by atoms with Gasteiger partial charge in [-0.3, -0.25) is 15.3 Å². The Bertz CT molecular complexity index is 1480. The van der Waals surface area contributed by atoms with Crippen molar-refractivity contribution < 1.29 is 14.3 Å². The average Bonchev–Trinajstić information content (AvgIpc) is 3.59. The predicted molar refractivity (Wildman–Crippen MR) is 184 cm³/mol. The van der Waals surface area contributed by atoms with Crippen molar-refractivity contribution in [3.63, 3.8) is 0 Å². The standard InChI is InChI=1S/C36H49N5O3S/c1-23(2)44-35(43)40-34(41-14-11-29(20-41)28-9-12-37-13-10-28)38-19-26(5)18-31-27(6)33(45-22-36(7,8)21-42)39-32(31)30-16-24(3)15-25(4)17-30/h9-10,12-13,15-17,21,23,26,29,39H,11,14,18-20,22H2,1-8H3,(H,38,40,43)/t26-,29?/m0/s1. The van der Waals surface area contributed by atoms with E-state index < -0.39 is 11.5 Å². The zero-order valence-electron chi connectivity index (χ0n) is 28.1. The number of nitrogens with zero attached hydrogens (tertiary/aromatic N) is 3. The quantitative estimate of drug-likeness (QED) is 0.0986. The number of carbonyl (C=O) groups excluding carboxylic acids is 2. The van der Waals surface area contributed by atoms with E-state index in [1.807, 2.05) is 40.1 Å². The SMILES string of the molecule is Cc1cc(C)cc(-c2[nH]c(SCC(C)(C)C=O)c(C)c2C[C@H](C)CN=C(NC(=O)OC(C)C)N2CCC(c3ccncc3)C2)c1. The fourth-order valence-electron chi connectivity index (χ4n) is 5.73. The molecule has 1 fully saturated rings. The lowest BCUT2D eigenvalue weighted by Crippen LogP contribution is -2.44. The topological polar surface area (TPSA) is 99.7 Å².